The van der Waals surface area contributed by atoms with E-state index in [1.54, 1.807) is 6.07 Å². The van der Waals surface area contributed by atoms with Gasteiger partial charge in [0.25, 0.3) is 0 Å². The Morgan fingerprint density at radius 1 is 1.43 bits per heavy atom. The van der Waals surface area contributed by atoms with Gasteiger partial charge in [0.15, 0.2) is 0 Å². The van der Waals surface area contributed by atoms with E-state index < -0.39 is 5.97 Å². The molecule has 1 N–H and O–H groups in total. The minimum absolute atomic E-state index is 0.114. The maximum atomic E-state index is 11.2. The van der Waals surface area contributed by atoms with Crippen molar-refractivity contribution in [2.75, 3.05) is 14.2 Å². The summed E-state index contributed by atoms with van der Waals surface area (Å²) in [6, 6.07) is 3.07. The maximum absolute atomic E-state index is 11.2. The van der Waals surface area contributed by atoms with Crippen LogP contribution >= 0.6 is 22.6 Å². The van der Waals surface area contributed by atoms with E-state index in [1.807, 2.05) is 22.6 Å². The monoisotopic (exact) mass is 308 g/mol. The third kappa shape index (κ3) is 1.92. The Bertz CT molecular complexity index is 362. The number of rotatable bonds is 2. The van der Waals surface area contributed by atoms with Gasteiger partial charge in [0.2, 0.25) is 0 Å². The molecule has 1 rings (SSSR count). The van der Waals surface area contributed by atoms with Crippen molar-refractivity contribution in [3.8, 4) is 11.5 Å². The van der Waals surface area contributed by atoms with Gasteiger partial charge in [0.05, 0.1) is 17.8 Å². The van der Waals surface area contributed by atoms with Crippen molar-refractivity contribution in [1.82, 2.24) is 0 Å². The summed E-state index contributed by atoms with van der Waals surface area (Å²) in [6.45, 7) is 0. The van der Waals surface area contributed by atoms with Crippen molar-refractivity contribution in [2.24, 2.45) is 0 Å². The number of phenols is 1. The molecule has 0 saturated carbocycles. The zero-order valence-corrected chi connectivity index (χ0v) is 9.86. The number of hydrogen-bond acceptors (Lipinski definition) is 4. The number of benzene rings is 1. The number of carbonyl (C=O) groups excluding carboxylic acids is 1. The largest absolute Gasteiger partial charge is 0.506 e. The summed E-state index contributed by atoms with van der Waals surface area (Å²) in [5, 5.41) is 9.62. The molecule has 14 heavy (non-hydrogen) atoms. The smallest absolute Gasteiger partial charge is 0.341 e. The van der Waals surface area contributed by atoms with Gasteiger partial charge in [0.1, 0.15) is 17.1 Å². The Morgan fingerprint density at radius 3 is 2.57 bits per heavy atom. The summed E-state index contributed by atoms with van der Waals surface area (Å²) in [7, 11) is 2.76. The highest BCUT2D eigenvalue weighted by Gasteiger charge is 2.16. The molecule has 0 unspecified atom stereocenters. The standard InChI is InChI=1S/C9H9IO4/c1-13-6-4-3-5(9(12)14-2)8(11)7(6)10/h3-4,11H,1-2H3. The third-order valence-electron chi connectivity index (χ3n) is 1.71. The van der Waals surface area contributed by atoms with Crippen LogP contribution in [0.25, 0.3) is 0 Å². The van der Waals surface area contributed by atoms with Crippen LogP contribution in [0.5, 0.6) is 11.5 Å². The molecular formula is C9H9IO4. The fourth-order valence-electron chi connectivity index (χ4n) is 0.978. The average Bonchev–Trinajstić information content (AvgIpc) is 2.21. The van der Waals surface area contributed by atoms with E-state index in [0.29, 0.717) is 9.32 Å². The van der Waals surface area contributed by atoms with Crippen molar-refractivity contribution in [1.29, 1.82) is 0 Å². The molecule has 1 aromatic rings. The van der Waals surface area contributed by atoms with E-state index in [4.69, 9.17) is 4.74 Å². The molecule has 0 aliphatic rings. The summed E-state index contributed by atoms with van der Waals surface area (Å²) < 4.78 is 9.97. The van der Waals surface area contributed by atoms with Crippen LogP contribution in [-0.4, -0.2) is 25.3 Å². The highest BCUT2D eigenvalue weighted by atomic mass is 127. The molecule has 0 aromatic heterocycles. The lowest BCUT2D eigenvalue weighted by molar-refractivity contribution is 0.0597. The van der Waals surface area contributed by atoms with Gasteiger partial charge in [-0.1, -0.05) is 0 Å². The van der Waals surface area contributed by atoms with Gasteiger partial charge >= 0.3 is 5.97 Å². The lowest BCUT2D eigenvalue weighted by atomic mass is 10.2. The molecular weight excluding hydrogens is 299 g/mol. The zero-order chi connectivity index (χ0) is 10.7. The molecule has 0 aliphatic carbocycles. The number of halogens is 1. The van der Waals surface area contributed by atoms with Crippen molar-refractivity contribution in [2.45, 2.75) is 0 Å². The molecule has 0 saturated heterocycles. The summed E-state index contributed by atoms with van der Waals surface area (Å²) in [4.78, 5) is 11.2. The molecule has 0 fully saturated rings. The summed E-state index contributed by atoms with van der Waals surface area (Å²) in [5.41, 5.74) is 0.137. The number of phenolic OH excluding ortho intramolecular Hbond substituents is 1. The summed E-state index contributed by atoms with van der Waals surface area (Å²) >= 11 is 1.90. The van der Waals surface area contributed by atoms with Crippen LogP contribution < -0.4 is 4.74 Å². The van der Waals surface area contributed by atoms with Crippen LogP contribution in [0.3, 0.4) is 0 Å². The molecule has 0 radical (unpaired) electrons. The molecule has 0 atom stereocenters. The maximum Gasteiger partial charge on any atom is 0.341 e. The fourth-order valence-corrected chi connectivity index (χ4v) is 1.67. The van der Waals surface area contributed by atoms with Gasteiger partial charge in [0, 0.05) is 0 Å². The Hall–Kier alpha value is -0.980. The first-order valence-corrected chi connectivity index (χ1v) is 4.83. The van der Waals surface area contributed by atoms with E-state index in [-0.39, 0.29) is 11.3 Å². The number of aromatic hydroxyl groups is 1. The highest BCUT2D eigenvalue weighted by molar-refractivity contribution is 14.1. The molecule has 0 heterocycles. The van der Waals surface area contributed by atoms with Gasteiger partial charge in [-0.15, -0.1) is 0 Å². The van der Waals surface area contributed by atoms with Crippen molar-refractivity contribution >= 4 is 28.6 Å². The van der Waals surface area contributed by atoms with Gasteiger partial charge in [-0.05, 0) is 34.7 Å². The van der Waals surface area contributed by atoms with Gasteiger partial charge in [-0.3, -0.25) is 0 Å². The number of carbonyl (C=O) groups is 1. The molecule has 1 aromatic carbocycles. The topological polar surface area (TPSA) is 55.8 Å². The fraction of sp³-hybridized carbons (Fsp3) is 0.222. The second-order valence-corrected chi connectivity index (χ2v) is 3.55. The second-order valence-electron chi connectivity index (χ2n) is 2.47. The normalized spacial score (nSPS) is 9.64. The molecule has 76 valence electrons. The molecule has 4 nitrogen and oxygen atoms in total. The average molecular weight is 308 g/mol. The first kappa shape index (κ1) is 11.1. The predicted octanol–water partition coefficient (Wildman–Crippen LogP) is 1.79. The lowest BCUT2D eigenvalue weighted by Crippen LogP contribution is -2.02. The van der Waals surface area contributed by atoms with Crippen LogP contribution in [0.2, 0.25) is 0 Å². The molecule has 0 amide bonds. The highest BCUT2D eigenvalue weighted by Crippen LogP contribution is 2.32. The van der Waals surface area contributed by atoms with Crippen molar-refractivity contribution in [3.63, 3.8) is 0 Å². The Labute approximate surface area is 95.0 Å². The van der Waals surface area contributed by atoms with Crippen LogP contribution in [0, 0.1) is 3.57 Å². The Balaban J connectivity index is 3.24. The van der Waals surface area contributed by atoms with E-state index in [9.17, 15) is 9.90 Å². The van der Waals surface area contributed by atoms with Crippen LogP contribution in [0.4, 0.5) is 0 Å². The number of methoxy groups -OCH3 is 2. The zero-order valence-electron chi connectivity index (χ0n) is 7.70. The number of esters is 1. The van der Waals surface area contributed by atoms with Gasteiger partial charge < -0.3 is 14.6 Å². The summed E-state index contributed by atoms with van der Waals surface area (Å²) in [5.74, 6) is -0.157. The lowest BCUT2D eigenvalue weighted by Gasteiger charge is -2.08. The Morgan fingerprint density at radius 2 is 2.07 bits per heavy atom. The first-order chi connectivity index (χ1) is 6.61. The van der Waals surface area contributed by atoms with Crippen molar-refractivity contribution in [3.05, 3.63) is 21.3 Å². The van der Waals surface area contributed by atoms with E-state index >= 15 is 0 Å². The predicted molar refractivity (Wildman–Crippen MR) is 58.7 cm³/mol. The molecule has 0 spiro atoms. The SMILES string of the molecule is COC(=O)c1ccc(OC)c(I)c1O. The quantitative estimate of drug-likeness (QED) is 0.668. The number of ether oxygens (including phenoxy) is 2. The second kappa shape index (κ2) is 4.50. The molecule has 0 bridgehead atoms. The van der Waals surface area contributed by atoms with E-state index in [0.717, 1.165) is 0 Å². The third-order valence-corrected chi connectivity index (χ3v) is 2.75. The van der Waals surface area contributed by atoms with Crippen molar-refractivity contribution < 1.29 is 19.4 Å². The van der Waals surface area contributed by atoms with E-state index in [1.165, 1.54) is 20.3 Å². The molecule has 0 aliphatic heterocycles. The summed E-state index contributed by atoms with van der Waals surface area (Å²) in [6.07, 6.45) is 0. The van der Waals surface area contributed by atoms with Crippen LogP contribution in [-0.2, 0) is 4.74 Å². The van der Waals surface area contributed by atoms with Gasteiger partial charge in [-0.2, -0.15) is 0 Å². The first-order valence-electron chi connectivity index (χ1n) is 3.75. The molecule has 5 heteroatoms. The van der Waals surface area contributed by atoms with Gasteiger partial charge in [-0.25, -0.2) is 4.79 Å². The number of hydrogen-bond donors (Lipinski definition) is 1. The Kier molecular flexibility index (Phi) is 3.56. The minimum atomic E-state index is -0.567. The van der Waals surface area contributed by atoms with E-state index in [2.05, 4.69) is 4.74 Å². The van der Waals surface area contributed by atoms with Crippen LogP contribution in [0.15, 0.2) is 12.1 Å². The van der Waals surface area contributed by atoms with Crippen LogP contribution in [0.1, 0.15) is 10.4 Å². The minimum Gasteiger partial charge on any atom is -0.506 e.